The maximum atomic E-state index is 13.8. The lowest BCUT2D eigenvalue weighted by Crippen LogP contribution is -2.15. The smallest absolute Gasteiger partial charge is 0.376 e. The number of likely N-dealkylation sites (N-methyl/N-ethyl adjacent to an activating group) is 1. The van der Waals surface area contributed by atoms with Gasteiger partial charge in [-0.05, 0) is 49.7 Å². The Morgan fingerprint density at radius 3 is 2.59 bits per heavy atom. The first-order valence-electron chi connectivity index (χ1n) is 12.9. The standard InChI is InChI=1S/C30H30F3N7O/c1-19-7-8-21(12-27(19)38-29-34-10-9-26(37-29)22-6-5-11-39(3)17-22)28(41-4)36-24-13-23(30(31,32)33)14-25(15-24)40-16-20(2)35-18-40/h5-10,12-18,28,36H,11H2,1-4H3,(H,34,37,38). The van der Waals surface area contributed by atoms with Gasteiger partial charge in [-0.15, -0.1) is 0 Å². The summed E-state index contributed by atoms with van der Waals surface area (Å²) in [6.45, 7) is 4.56. The molecule has 41 heavy (non-hydrogen) atoms. The van der Waals surface area contributed by atoms with Crippen LogP contribution in [-0.2, 0) is 10.9 Å². The van der Waals surface area contributed by atoms with Crippen molar-refractivity contribution in [2.45, 2.75) is 26.3 Å². The Bertz CT molecular complexity index is 1610. The largest absolute Gasteiger partial charge is 0.416 e. The van der Waals surface area contributed by atoms with E-state index >= 15 is 0 Å². The molecule has 0 aliphatic carbocycles. The van der Waals surface area contributed by atoms with Gasteiger partial charge in [0, 0.05) is 67.5 Å². The molecule has 2 aromatic carbocycles. The molecule has 1 aliphatic rings. The van der Waals surface area contributed by atoms with Gasteiger partial charge in [0.25, 0.3) is 0 Å². The normalized spacial score (nSPS) is 14.1. The summed E-state index contributed by atoms with van der Waals surface area (Å²) in [4.78, 5) is 15.3. The van der Waals surface area contributed by atoms with Crippen LogP contribution < -0.4 is 10.6 Å². The number of imidazole rings is 1. The maximum Gasteiger partial charge on any atom is 0.416 e. The molecule has 0 bridgehead atoms. The van der Waals surface area contributed by atoms with Crippen LogP contribution in [0.3, 0.4) is 0 Å². The lowest BCUT2D eigenvalue weighted by molar-refractivity contribution is -0.137. The fourth-order valence-corrected chi connectivity index (χ4v) is 4.47. The predicted molar refractivity (Wildman–Crippen MR) is 153 cm³/mol. The van der Waals surface area contributed by atoms with Gasteiger partial charge in [-0.3, -0.25) is 0 Å². The SMILES string of the molecule is COC(Nc1cc(-n2cnc(C)c2)cc(C(F)(F)F)c1)c1ccc(C)c(Nc2nccc(C3=CN(C)CC=C3)n2)c1. The minimum absolute atomic E-state index is 0.248. The molecule has 1 atom stereocenters. The number of hydrogen-bond acceptors (Lipinski definition) is 7. The number of ether oxygens (including phenoxy) is 1. The Morgan fingerprint density at radius 2 is 1.88 bits per heavy atom. The number of alkyl halides is 3. The summed E-state index contributed by atoms with van der Waals surface area (Å²) in [5, 5.41) is 6.39. The Labute approximate surface area is 236 Å². The molecule has 0 spiro atoms. The van der Waals surface area contributed by atoms with Crippen LogP contribution in [0.1, 0.15) is 34.3 Å². The zero-order chi connectivity index (χ0) is 29.1. The van der Waals surface area contributed by atoms with Crippen LogP contribution in [0.2, 0.25) is 0 Å². The molecule has 1 unspecified atom stereocenters. The van der Waals surface area contributed by atoms with Crippen molar-refractivity contribution in [1.29, 1.82) is 0 Å². The Morgan fingerprint density at radius 1 is 1.05 bits per heavy atom. The Kier molecular flexibility index (Phi) is 7.80. The van der Waals surface area contributed by atoms with Crippen LogP contribution in [0.5, 0.6) is 0 Å². The molecule has 3 heterocycles. The molecule has 0 fully saturated rings. The number of anilines is 3. The number of halogens is 3. The molecule has 5 rings (SSSR count). The minimum Gasteiger partial charge on any atom is -0.376 e. The van der Waals surface area contributed by atoms with E-state index in [0.29, 0.717) is 22.9 Å². The number of nitrogens with zero attached hydrogens (tertiary/aromatic N) is 5. The summed E-state index contributed by atoms with van der Waals surface area (Å²) in [6, 6.07) is 11.3. The van der Waals surface area contributed by atoms with Crippen LogP contribution in [0.25, 0.3) is 11.3 Å². The van der Waals surface area contributed by atoms with Gasteiger partial charge in [0.1, 0.15) is 0 Å². The molecule has 1 aliphatic heterocycles. The first-order valence-corrected chi connectivity index (χ1v) is 12.9. The second-order valence-corrected chi connectivity index (χ2v) is 9.84. The molecule has 212 valence electrons. The van der Waals surface area contributed by atoms with E-state index in [1.165, 1.54) is 13.4 Å². The molecular weight excluding hydrogens is 531 g/mol. The van der Waals surface area contributed by atoms with Gasteiger partial charge in [0.05, 0.1) is 23.3 Å². The molecule has 0 saturated heterocycles. The average Bonchev–Trinajstić information content (AvgIpc) is 3.39. The number of nitrogens with one attached hydrogen (secondary N) is 2. The molecule has 4 aromatic rings. The molecule has 0 radical (unpaired) electrons. The molecule has 8 nitrogen and oxygen atoms in total. The van der Waals surface area contributed by atoms with Crippen LogP contribution in [0.15, 0.2) is 79.5 Å². The van der Waals surface area contributed by atoms with Gasteiger partial charge in [-0.2, -0.15) is 13.2 Å². The predicted octanol–water partition coefficient (Wildman–Crippen LogP) is 6.64. The van der Waals surface area contributed by atoms with E-state index in [-0.39, 0.29) is 5.69 Å². The van der Waals surface area contributed by atoms with Gasteiger partial charge in [-0.25, -0.2) is 15.0 Å². The van der Waals surface area contributed by atoms with Crippen LogP contribution in [-0.4, -0.2) is 45.1 Å². The summed E-state index contributed by atoms with van der Waals surface area (Å²) in [5.74, 6) is 0.422. The molecule has 2 N–H and O–H groups in total. The summed E-state index contributed by atoms with van der Waals surface area (Å²) in [5.41, 5.74) is 4.63. The van der Waals surface area contributed by atoms with Gasteiger partial charge in [0.15, 0.2) is 6.23 Å². The topological polar surface area (TPSA) is 80.1 Å². The summed E-state index contributed by atoms with van der Waals surface area (Å²) < 4.78 is 48.5. The lowest BCUT2D eigenvalue weighted by Gasteiger charge is -2.22. The van der Waals surface area contributed by atoms with E-state index < -0.39 is 18.0 Å². The summed E-state index contributed by atoms with van der Waals surface area (Å²) in [6.07, 6.45) is 5.70. The molecule has 0 amide bonds. The van der Waals surface area contributed by atoms with Crippen molar-refractivity contribution in [3.05, 3.63) is 108 Å². The highest BCUT2D eigenvalue weighted by atomic mass is 19.4. The first-order chi connectivity index (χ1) is 19.6. The van der Waals surface area contributed by atoms with Crippen molar-refractivity contribution in [3.63, 3.8) is 0 Å². The number of benzene rings is 2. The zero-order valence-electron chi connectivity index (χ0n) is 23.1. The fraction of sp³-hybridized carbons (Fsp3) is 0.233. The third-order valence-corrected chi connectivity index (χ3v) is 6.60. The van der Waals surface area contributed by atoms with E-state index in [4.69, 9.17) is 4.74 Å². The average molecular weight is 562 g/mol. The Balaban J connectivity index is 1.42. The summed E-state index contributed by atoms with van der Waals surface area (Å²) >= 11 is 0. The summed E-state index contributed by atoms with van der Waals surface area (Å²) in [7, 11) is 3.49. The van der Waals surface area contributed by atoms with Crippen molar-refractivity contribution < 1.29 is 17.9 Å². The minimum atomic E-state index is -4.53. The third kappa shape index (κ3) is 6.58. The highest BCUT2D eigenvalue weighted by molar-refractivity contribution is 5.73. The van der Waals surface area contributed by atoms with Crippen molar-refractivity contribution >= 4 is 22.9 Å². The third-order valence-electron chi connectivity index (χ3n) is 6.60. The van der Waals surface area contributed by atoms with E-state index in [9.17, 15) is 13.2 Å². The van der Waals surface area contributed by atoms with Crippen molar-refractivity contribution in [1.82, 2.24) is 24.4 Å². The van der Waals surface area contributed by atoms with Crippen LogP contribution in [0, 0.1) is 13.8 Å². The van der Waals surface area contributed by atoms with Gasteiger partial charge < -0.3 is 24.8 Å². The fourth-order valence-electron chi connectivity index (χ4n) is 4.47. The highest BCUT2D eigenvalue weighted by Gasteiger charge is 2.31. The van der Waals surface area contributed by atoms with E-state index in [2.05, 4.69) is 36.6 Å². The van der Waals surface area contributed by atoms with Crippen molar-refractivity contribution in [2.24, 2.45) is 0 Å². The van der Waals surface area contributed by atoms with Crippen molar-refractivity contribution in [2.75, 3.05) is 31.3 Å². The molecule has 2 aromatic heterocycles. The number of aromatic nitrogens is 4. The number of methoxy groups -OCH3 is 1. The number of allylic oxidation sites excluding steroid dienone is 2. The van der Waals surface area contributed by atoms with Crippen LogP contribution >= 0.6 is 0 Å². The maximum absolute atomic E-state index is 13.8. The quantitative estimate of drug-likeness (QED) is 0.234. The number of rotatable bonds is 8. The first kappa shape index (κ1) is 27.9. The van der Waals surface area contributed by atoms with E-state index in [1.807, 2.05) is 50.5 Å². The van der Waals surface area contributed by atoms with Gasteiger partial charge in [0.2, 0.25) is 5.95 Å². The second kappa shape index (κ2) is 11.5. The van der Waals surface area contributed by atoms with E-state index in [1.54, 1.807) is 30.0 Å². The van der Waals surface area contributed by atoms with Gasteiger partial charge >= 0.3 is 6.18 Å². The highest BCUT2D eigenvalue weighted by Crippen LogP contribution is 2.35. The lowest BCUT2D eigenvalue weighted by atomic mass is 10.1. The number of aryl methyl sites for hydroxylation is 2. The monoisotopic (exact) mass is 561 g/mol. The zero-order valence-corrected chi connectivity index (χ0v) is 23.1. The molecule has 11 heteroatoms. The molecular formula is C30H30F3N7O. The van der Waals surface area contributed by atoms with Crippen molar-refractivity contribution in [3.8, 4) is 5.69 Å². The van der Waals surface area contributed by atoms with E-state index in [0.717, 1.165) is 41.2 Å². The molecule has 0 saturated carbocycles. The van der Waals surface area contributed by atoms with Gasteiger partial charge in [-0.1, -0.05) is 24.3 Å². The number of hydrogen-bond donors (Lipinski definition) is 2. The van der Waals surface area contributed by atoms with Crippen LogP contribution in [0.4, 0.5) is 30.5 Å². The second-order valence-electron chi connectivity index (χ2n) is 9.84. The Hall–Kier alpha value is -4.64.